The van der Waals surface area contributed by atoms with Gasteiger partial charge in [-0.25, -0.2) is 0 Å². The molecule has 3 heteroatoms. The van der Waals surface area contributed by atoms with Crippen LogP contribution in [-0.2, 0) is 0 Å². The highest BCUT2D eigenvalue weighted by molar-refractivity contribution is 6.31. The minimum atomic E-state index is 0.626. The van der Waals surface area contributed by atoms with Crippen LogP contribution in [0.3, 0.4) is 0 Å². The number of hydrogen-bond donors (Lipinski definition) is 1. The zero-order valence-corrected chi connectivity index (χ0v) is 11.2. The van der Waals surface area contributed by atoms with Crippen LogP contribution in [0.1, 0.15) is 38.5 Å². The lowest BCUT2D eigenvalue weighted by atomic mass is 10.1. The van der Waals surface area contributed by atoms with Crippen molar-refractivity contribution < 1.29 is 0 Å². The van der Waals surface area contributed by atoms with E-state index in [2.05, 4.69) is 11.9 Å². The lowest BCUT2D eigenvalue weighted by molar-refractivity contribution is 0.553. The molecule has 17 heavy (non-hydrogen) atoms. The summed E-state index contributed by atoms with van der Waals surface area (Å²) in [5.41, 5.74) is 7.94. The van der Waals surface area contributed by atoms with Gasteiger partial charge in [-0.2, -0.15) is 0 Å². The van der Waals surface area contributed by atoms with Gasteiger partial charge in [-0.05, 0) is 31.0 Å². The van der Waals surface area contributed by atoms with Crippen molar-refractivity contribution in [2.24, 2.45) is 0 Å². The number of benzene rings is 1. The first kappa shape index (κ1) is 12.6. The van der Waals surface area contributed by atoms with Crippen LogP contribution in [0.4, 0.5) is 11.4 Å². The SMILES string of the molecule is CN(c1ccc(Cl)cc1N)C1CCCCCC1. The van der Waals surface area contributed by atoms with Crippen LogP contribution in [0, 0.1) is 0 Å². The molecule has 0 bridgehead atoms. The van der Waals surface area contributed by atoms with Crippen LogP contribution in [0.25, 0.3) is 0 Å². The van der Waals surface area contributed by atoms with E-state index in [9.17, 15) is 0 Å². The molecule has 94 valence electrons. The Bertz CT molecular complexity index is 370. The van der Waals surface area contributed by atoms with Crippen molar-refractivity contribution in [3.05, 3.63) is 23.2 Å². The molecule has 1 aliphatic carbocycles. The molecule has 1 saturated carbocycles. The fraction of sp³-hybridized carbons (Fsp3) is 0.571. The number of nitrogens with zero attached hydrogens (tertiary/aromatic N) is 1. The summed E-state index contributed by atoms with van der Waals surface area (Å²) >= 11 is 5.94. The molecule has 0 amide bonds. The second kappa shape index (κ2) is 5.63. The van der Waals surface area contributed by atoms with Crippen LogP contribution in [-0.4, -0.2) is 13.1 Å². The van der Waals surface area contributed by atoms with Gasteiger partial charge in [0.1, 0.15) is 0 Å². The molecule has 0 unspecified atom stereocenters. The van der Waals surface area contributed by atoms with Crippen molar-refractivity contribution >= 4 is 23.0 Å². The maximum absolute atomic E-state index is 6.04. The number of rotatable bonds is 2. The Labute approximate surface area is 109 Å². The summed E-state index contributed by atoms with van der Waals surface area (Å²) in [5.74, 6) is 0. The molecule has 2 nitrogen and oxygen atoms in total. The van der Waals surface area contributed by atoms with Crippen LogP contribution in [0.2, 0.25) is 5.02 Å². The summed E-state index contributed by atoms with van der Waals surface area (Å²) in [5, 5.41) is 0.709. The Balaban J connectivity index is 2.14. The molecular weight excluding hydrogens is 232 g/mol. The van der Waals surface area contributed by atoms with Gasteiger partial charge < -0.3 is 10.6 Å². The highest BCUT2D eigenvalue weighted by Gasteiger charge is 2.18. The summed E-state index contributed by atoms with van der Waals surface area (Å²) in [6.45, 7) is 0. The number of nitrogen functional groups attached to an aromatic ring is 1. The van der Waals surface area contributed by atoms with E-state index >= 15 is 0 Å². The van der Waals surface area contributed by atoms with E-state index in [0.717, 1.165) is 11.4 Å². The van der Waals surface area contributed by atoms with Crippen LogP contribution < -0.4 is 10.6 Å². The first-order valence-electron chi connectivity index (χ1n) is 6.46. The number of nitrogens with two attached hydrogens (primary N) is 1. The topological polar surface area (TPSA) is 29.3 Å². The van der Waals surface area contributed by atoms with E-state index in [1.54, 1.807) is 0 Å². The van der Waals surface area contributed by atoms with Gasteiger partial charge in [0.25, 0.3) is 0 Å². The molecule has 2 rings (SSSR count). The highest BCUT2D eigenvalue weighted by atomic mass is 35.5. The molecule has 0 spiro atoms. The third-order valence-electron chi connectivity index (χ3n) is 3.74. The first-order chi connectivity index (χ1) is 8.18. The molecule has 0 aliphatic heterocycles. The van der Waals surface area contributed by atoms with E-state index in [-0.39, 0.29) is 0 Å². The Morgan fingerprint density at radius 2 is 1.82 bits per heavy atom. The molecule has 1 fully saturated rings. The van der Waals surface area contributed by atoms with Gasteiger partial charge in [-0.15, -0.1) is 0 Å². The van der Waals surface area contributed by atoms with Crippen LogP contribution in [0.15, 0.2) is 18.2 Å². The fourth-order valence-electron chi connectivity index (χ4n) is 2.69. The number of halogens is 1. The standard InChI is InChI=1S/C14H21ClN2/c1-17(12-6-4-2-3-5-7-12)14-9-8-11(15)10-13(14)16/h8-10,12H,2-7,16H2,1H3. The molecule has 1 aromatic carbocycles. The van der Waals surface area contributed by atoms with Gasteiger partial charge in [0.2, 0.25) is 0 Å². The van der Waals surface area contributed by atoms with Crippen LogP contribution in [0.5, 0.6) is 0 Å². The number of anilines is 2. The van der Waals surface area contributed by atoms with Crippen molar-refractivity contribution in [3.63, 3.8) is 0 Å². The third-order valence-corrected chi connectivity index (χ3v) is 3.98. The molecular formula is C14H21ClN2. The van der Waals surface area contributed by atoms with Crippen molar-refractivity contribution in [2.75, 3.05) is 17.7 Å². The molecule has 0 radical (unpaired) electrons. The van der Waals surface area contributed by atoms with Crippen molar-refractivity contribution in [3.8, 4) is 0 Å². The molecule has 0 atom stereocenters. The lowest BCUT2D eigenvalue weighted by Gasteiger charge is -2.30. The fourth-order valence-corrected chi connectivity index (χ4v) is 2.87. The van der Waals surface area contributed by atoms with E-state index < -0.39 is 0 Å². The predicted octanol–water partition coefficient (Wildman–Crippen LogP) is 4.08. The second-order valence-electron chi connectivity index (χ2n) is 4.96. The van der Waals surface area contributed by atoms with Gasteiger partial charge in [0.15, 0.2) is 0 Å². The molecule has 1 aromatic rings. The minimum absolute atomic E-state index is 0.626. The molecule has 1 aliphatic rings. The van der Waals surface area contributed by atoms with Gasteiger partial charge in [0.05, 0.1) is 11.4 Å². The summed E-state index contributed by atoms with van der Waals surface area (Å²) < 4.78 is 0. The summed E-state index contributed by atoms with van der Waals surface area (Å²) in [6.07, 6.45) is 7.98. The predicted molar refractivity (Wildman–Crippen MR) is 75.8 cm³/mol. The Morgan fingerprint density at radius 3 is 2.41 bits per heavy atom. The average molecular weight is 253 g/mol. The van der Waals surface area contributed by atoms with E-state index in [0.29, 0.717) is 11.1 Å². The minimum Gasteiger partial charge on any atom is -0.397 e. The molecule has 0 heterocycles. The Kier molecular flexibility index (Phi) is 4.16. The molecule has 2 N–H and O–H groups in total. The van der Waals surface area contributed by atoms with Gasteiger partial charge in [-0.1, -0.05) is 37.3 Å². The van der Waals surface area contributed by atoms with Crippen molar-refractivity contribution in [1.82, 2.24) is 0 Å². The van der Waals surface area contributed by atoms with Gasteiger partial charge in [-0.3, -0.25) is 0 Å². The summed E-state index contributed by atoms with van der Waals surface area (Å²) in [6, 6.07) is 6.41. The van der Waals surface area contributed by atoms with E-state index in [1.165, 1.54) is 38.5 Å². The monoisotopic (exact) mass is 252 g/mol. The molecule has 0 saturated heterocycles. The van der Waals surface area contributed by atoms with E-state index in [4.69, 9.17) is 17.3 Å². The van der Waals surface area contributed by atoms with Gasteiger partial charge >= 0.3 is 0 Å². The second-order valence-corrected chi connectivity index (χ2v) is 5.40. The van der Waals surface area contributed by atoms with Crippen LogP contribution >= 0.6 is 11.6 Å². The third kappa shape index (κ3) is 3.06. The Morgan fingerprint density at radius 1 is 1.18 bits per heavy atom. The Hall–Kier alpha value is -0.890. The number of hydrogen-bond acceptors (Lipinski definition) is 2. The lowest BCUT2D eigenvalue weighted by Crippen LogP contribution is -2.31. The zero-order chi connectivity index (χ0) is 12.3. The highest BCUT2D eigenvalue weighted by Crippen LogP contribution is 2.30. The van der Waals surface area contributed by atoms with Crippen molar-refractivity contribution in [2.45, 2.75) is 44.6 Å². The van der Waals surface area contributed by atoms with Crippen molar-refractivity contribution in [1.29, 1.82) is 0 Å². The maximum atomic E-state index is 6.04. The maximum Gasteiger partial charge on any atom is 0.0600 e. The molecule has 0 aromatic heterocycles. The van der Waals surface area contributed by atoms with E-state index in [1.807, 2.05) is 18.2 Å². The zero-order valence-electron chi connectivity index (χ0n) is 10.5. The smallest absolute Gasteiger partial charge is 0.0600 e. The summed E-state index contributed by atoms with van der Waals surface area (Å²) in [7, 11) is 2.15. The van der Waals surface area contributed by atoms with Gasteiger partial charge in [0, 0.05) is 18.1 Å². The quantitative estimate of drug-likeness (QED) is 0.635. The summed E-state index contributed by atoms with van der Waals surface area (Å²) in [4.78, 5) is 2.33. The normalized spacial score (nSPS) is 17.8. The first-order valence-corrected chi connectivity index (χ1v) is 6.84. The largest absolute Gasteiger partial charge is 0.397 e. The average Bonchev–Trinajstić information content (AvgIpc) is 2.56.